The number of fused-ring (bicyclic) bond motifs is 1. The van der Waals surface area contributed by atoms with E-state index >= 15 is 0 Å². The Morgan fingerprint density at radius 2 is 2.21 bits per heavy atom. The summed E-state index contributed by atoms with van der Waals surface area (Å²) in [4.78, 5) is 21.7. The highest BCUT2D eigenvalue weighted by Gasteiger charge is 2.39. The van der Waals surface area contributed by atoms with Gasteiger partial charge < -0.3 is 5.32 Å². The molecule has 0 aromatic carbocycles. The van der Waals surface area contributed by atoms with Crippen LogP contribution in [0.25, 0.3) is 16.9 Å². The summed E-state index contributed by atoms with van der Waals surface area (Å²) in [5, 5.41) is 5.07. The topological polar surface area (TPSA) is 72.2 Å². The summed E-state index contributed by atoms with van der Waals surface area (Å²) in [5.74, 6) is 0.388. The maximum absolute atomic E-state index is 12.7. The standard InChI is InChI=1S/C17H19N5OS/c1-10-6-13(11-7-19-24-8-11)20-15-14(18-9-22(10)15)16(23)21-17(2,3)12-4-5-12/h6-9,12H,4-5H2,1-3H3,(H,21,23). The predicted molar refractivity (Wildman–Crippen MR) is 93.1 cm³/mol. The molecule has 0 saturated heterocycles. The third-order valence-electron chi connectivity index (χ3n) is 4.67. The molecular formula is C17H19N5OS. The van der Waals surface area contributed by atoms with Gasteiger partial charge >= 0.3 is 0 Å². The van der Waals surface area contributed by atoms with Crippen molar-refractivity contribution in [2.45, 2.75) is 39.2 Å². The number of aryl methyl sites for hydroxylation is 1. The molecule has 3 heterocycles. The van der Waals surface area contributed by atoms with Gasteiger partial charge in [0.2, 0.25) is 0 Å². The average molecular weight is 341 g/mol. The molecule has 6 nitrogen and oxygen atoms in total. The molecule has 1 aliphatic rings. The second-order valence-corrected chi connectivity index (χ2v) is 7.59. The number of aromatic nitrogens is 4. The lowest BCUT2D eigenvalue weighted by molar-refractivity contribution is 0.0900. The van der Waals surface area contributed by atoms with E-state index in [2.05, 4.69) is 33.5 Å². The van der Waals surface area contributed by atoms with E-state index in [1.807, 2.05) is 22.8 Å². The molecule has 0 bridgehead atoms. The molecule has 4 rings (SSSR count). The number of imidazole rings is 1. The van der Waals surface area contributed by atoms with E-state index < -0.39 is 0 Å². The molecule has 1 fully saturated rings. The molecule has 124 valence electrons. The second-order valence-electron chi connectivity index (χ2n) is 6.93. The van der Waals surface area contributed by atoms with Crippen LogP contribution >= 0.6 is 11.5 Å². The van der Waals surface area contributed by atoms with Crippen LogP contribution in [0.5, 0.6) is 0 Å². The van der Waals surface area contributed by atoms with E-state index in [-0.39, 0.29) is 11.4 Å². The summed E-state index contributed by atoms with van der Waals surface area (Å²) < 4.78 is 5.98. The molecule has 1 aliphatic carbocycles. The molecule has 0 aliphatic heterocycles. The van der Waals surface area contributed by atoms with Gasteiger partial charge in [-0.3, -0.25) is 9.20 Å². The largest absolute Gasteiger partial charge is 0.345 e. The van der Waals surface area contributed by atoms with E-state index in [0.717, 1.165) is 17.0 Å². The molecule has 1 amide bonds. The SMILES string of the molecule is Cc1cc(-c2cnsc2)nc2c(C(=O)NC(C)(C)C3CC3)ncn12. The Hall–Kier alpha value is -2.28. The van der Waals surface area contributed by atoms with Crippen LogP contribution in [0.2, 0.25) is 0 Å². The number of hydrogen-bond donors (Lipinski definition) is 1. The Labute approximate surface area is 144 Å². The van der Waals surface area contributed by atoms with Gasteiger partial charge in [0.05, 0.1) is 11.9 Å². The molecule has 3 aromatic heterocycles. The van der Waals surface area contributed by atoms with Crippen LogP contribution in [0.15, 0.2) is 24.0 Å². The van der Waals surface area contributed by atoms with Gasteiger partial charge in [0.25, 0.3) is 5.91 Å². The first kappa shape index (κ1) is 15.3. The third-order valence-corrected chi connectivity index (χ3v) is 5.26. The number of rotatable bonds is 4. The maximum Gasteiger partial charge on any atom is 0.274 e. The van der Waals surface area contributed by atoms with Crippen molar-refractivity contribution in [2.75, 3.05) is 0 Å². The van der Waals surface area contributed by atoms with Crippen LogP contribution in [0.4, 0.5) is 0 Å². The fourth-order valence-electron chi connectivity index (χ4n) is 3.02. The zero-order valence-corrected chi connectivity index (χ0v) is 14.7. The molecule has 0 atom stereocenters. The van der Waals surface area contributed by atoms with Crippen molar-refractivity contribution in [3.63, 3.8) is 0 Å². The summed E-state index contributed by atoms with van der Waals surface area (Å²) in [6.07, 6.45) is 5.79. The summed E-state index contributed by atoms with van der Waals surface area (Å²) in [5.41, 5.74) is 3.49. The minimum absolute atomic E-state index is 0.165. The van der Waals surface area contributed by atoms with E-state index in [9.17, 15) is 4.79 Å². The number of carbonyl (C=O) groups is 1. The first-order valence-corrected chi connectivity index (χ1v) is 8.86. The summed E-state index contributed by atoms with van der Waals surface area (Å²) in [6.45, 7) is 6.12. The third kappa shape index (κ3) is 2.58. The summed E-state index contributed by atoms with van der Waals surface area (Å²) >= 11 is 1.38. The van der Waals surface area contributed by atoms with E-state index in [4.69, 9.17) is 0 Å². The Kier molecular flexibility index (Phi) is 3.42. The molecule has 0 radical (unpaired) electrons. The zero-order chi connectivity index (χ0) is 16.9. The van der Waals surface area contributed by atoms with Crippen molar-refractivity contribution in [3.05, 3.63) is 35.4 Å². The molecule has 1 saturated carbocycles. The minimum atomic E-state index is -0.211. The maximum atomic E-state index is 12.7. The number of hydrogen-bond acceptors (Lipinski definition) is 5. The van der Waals surface area contributed by atoms with Crippen LogP contribution < -0.4 is 5.32 Å². The van der Waals surface area contributed by atoms with Crippen LogP contribution in [-0.4, -0.2) is 30.2 Å². The first-order chi connectivity index (χ1) is 11.5. The van der Waals surface area contributed by atoms with Gasteiger partial charge in [-0.05, 0) is 57.1 Å². The Morgan fingerprint density at radius 3 is 2.88 bits per heavy atom. The average Bonchev–Trinajstić information content (AvgIpc) is 3.09. The molecule has 7 heteroatoms. The highest BCUT2D eigenvalue weighted by Crippen LogP contribution is 2.39. The fraction of sp³-hybridized carbons (Fsp3) is 0.412. The normalized spacial score (nSPS) is 15.0. The van der Waals surface area contributed by atoms with Crippen molar-refractivity contribution < 1.29 is 4.79 Å². The highest BCUT2D eigenvalue weighted by molar-refractivity contribution is 7.03. The van der Waals surface area contributed by atoms with E-state index in [1.165, 1.54) is 24.4 Å². The Bertz CT molecular complexity index is 909. The number of amides is 1. The molecule has 0 spiro atoms. The second kappa shape index (κ2) is 5.37. The fourth-order valence-corrected chi connectivity index (χ4v) is 3.55. The van der Waals surface area contributed by atoms with E-state index in [1.54, 1.807) is 12.5 Å². The lowest BCUT2D eigenvalue weighted by atomic mass is 9.98. The molecule has 3 aromatic rings. The van der Waals surface area contributed by atoms with Crippen molar-refractivity contribution in [2.24, 2.45) is 5.92 Å². The lowest BCUT2D eigenvalue weighted by Gasteiger charge is -2.25. The molecule has 0 unspecified atom stereocenters. The van der Waals surface area contributed by atoms with Crippen LogP contribution in [0, 0.1) is 12.8 Å². The molecular weight excluding hydrogens is 322 g/mol. The lowest BCUT2D eigenvalue weighted by Crippen LogP contribution is -2.45. The van der Waals surface area contributed by atoms with Gasteiger partial charge in [-0.15, -0.1) is 0 Å². The van der Waals surface area contributed by atoms with E-state index in [0.29, 0.717) is 17.3 Å². The van der Waals surface area contributed by atoms with Crippen molar-refractivity contribution >= 4 is 23.1 Å². The van der Waals surface area contributed by atoms with Gasteiger partial charge in [0.15, 0.2) is 11.3 Å². The van der Waals surface area contributed by atoms with Gasteiger partial charge in [-0.2, -0.15) is 0 Å². The predicted octanol–water partition coefficient (Wildman–Crippen LogP) is 3.08. The van der Waals surface area contributed by atoms with Gasteiger partial charge in [-0.25, -0.2) is 14.3 Å². The van der Waals surface area contributed by atoms with Gasteiger partial charge in [0.1, 0.15) is 6.33 Å². The van der Waals surface area contributed by atoms with Crippen LogP contribution in [-0.2, 0) is 0 Å². The van der Waals surface area contributed by atoms with Crippen molar-refractivity contribution in [1.29, 1.82) is 0 Å². The monoisotopic (exact) mass is 341 g/mol. The van der Waals surface area contributed by atoms with Crippen LogP contribution in [0.1, 0.15) is 42.9 Å². The number of carbonyl (C=O) groups excluding carboxylic acids is 1. The van der Waals surface area contributed by atoms with Gasteiger partial charge in [-0.1, -0.05) is 0 Å². The quantitative estimate of drug-likeness (QED) is 0.791. The Balaban J connectivity index is 1.74. The van der Waals surface area contributed by atoms with Crippen molar-refractivity contribution in [1.82, 2.24) is 24.1 Å². The Morgan fingerprint density at radius 1 is 1.42 bits per heavy atom. The van der Waals surface area contributed by atoms with Crippen LogP contribution in [0.3, 0.4) is 0 Å². The smallest absolute Gasteiger partial charge is 0.274 e. The number of nitrogens with zero attached hydrogens (tertiary/aromatic N) is 4. The molecule has 24 heavy (non-hydrogen) atoms. The molecule has 1 N–H and O–H groups in total. The summed E-state index contributed by atoms with van der Waals surface area (Å²) in [6, 6.07) is 1.98. The minimum Gasteiger partial charge on any atom is -0.345 e. The van der Waals surface area contributed by atoms with Crippen molar-refractivity contribution in [3.8, 4) is 11.3 Å². The summed E-state index contributed by atoms with van der Waals surface area (Å²) in [7, 11) is 0. The van der Waals surface area contributed by atoms with Gasteiger partial charge in [0, 0.05) is 22.2 Å². The first-order valence-electron chi connectivity index (χ1n) is 8.02. The number of nitrogens with one attached hydrogen (secondary N) is 1. The zero-order valence-electron chi connectivity index (χ0n) is 13.9. The highest BCUT2D eigenvalue weighted by atomic mass is 32.1.